The summed E-state index contributed by atoms with van der Waals surface area (Å²) in [5, 5.41) is 12.1. The van der Waals surface area contributed by atoms with E-state index < -0.39 is 5.97 Å². The molecule has 0 saturated carbocycles. The Hall–Kier alpha value is -1.07. The van der Waals surface area contributed by atoms with E-state index in [1.807, 2.05) is 12.1 Å². The minimum Gasteiger partial charge on any atom is -0.481 e. The van der Waals surface area contributed by atoms with E-state index in [4.69, 9.17) is 5.11 Å². The van der Waals surface area contributed by atoms with Crippen LogP contribution in [0.4, 0.5) is 5.69 Å². The maximum atomic E-state index is 10.8. The minimum atomic E-state index is -0.753. The first-order valence-corrected chi connectivity index (χ1v) is 6.83. The first-order chi connectivity index (χ1) is 8.56. The quantitative estimate of drug-likeness (QED) is 0.897. The van der Waals surface area contributed by atoms with Crippen LogP contribution >= 0.6 is 15.9 Å². The molecule has 1 aliphatic rings. The van der Waals surface area contributed by atoms with Crippen LogP contribution < -0.4 is 10.2 Å². The second-order valence-corrected chi connectivity index (χ2v) is 5.60. The van der Waals surface area contributed by atoms with Gasteiger partial charge in [0, 0.05) is 35.3 Å². The molecule has 4 nitrogen and oxygen atoms in total. The molecule has 5 heteroatoms. The van der Waals surface area contributed by atoms with Gasteiger partial charge in [-0.3, -0.25) is 4.79 Å². The first-order valence-electron chi connectivity index (χ1n) is 6.03. The molecule has 1 aliphatic heterocycles. The van der Waals surface area contributed by atoms with E-state index >= 15 is 0 Å². The van der Waals surface area contributed by atoms with Crippen molar-refractivity contribution in [2.24, 2.45) is 0 Å². The lowest BCUT2D eigenvalue weighted by molar-refractivity contribution is -0.137. The Morgan fingerprint density at radius 3 is 3.06 bits per heavy atom. The van der Waals surface area contributed by atoms with Gasteiger partial charge in [-0.1, -0.05) is 22.0 Å². The van der Waals surface area contributed by atoms with Gasteiger partial charge in [0.1, 0.15) is 0 Å². The smallest absolute Gasteiger partial charge is 0.304 e. The van der Waals surface area contributed by atoms with Crippen molar-refractivity contribution in [1.29, 1.82) is 0 Å². The lowest BCUT2D eigenvalue weighted by Gasteiger charge is -2.40. The van der Waals surface area contributed by atoms with Gasteiger partial charge in [-0.2, -0.15) is 0 Å². The largest absolute Gasteiger partial charge is 0.481 e. The van der Waals surface area contributed by atoms with Crippen LogP contribution in [0.3, 0.4) is 0 Å². The molecule has 1 fully saturated rings. The fourth-order valence-electron chi connectivity index (χ4n) is 2.29. The Labute approximate surface area is 115 Å². The molecule has 1 heterocycles. The van der Waals surface area contributed by atoms with Crippen LogP contribution in [0.1, 0.15) is 13.3 Å². The number of hydrogen-bond donors (Lipinski definition) is 2. The summed E-state index contributed by atoms with van der Waals surface area (Å²) in [6, 6.07) is 8.50. The van der Waals surface area contributed by atoms with Gasteiger partial charge in [-0.15, -0.1) is 0 Å². The molecule has 2 unspecified atom stereocenters. The molecule has 0 bridgehead atoms. The standard InChI is InChI=1S/C13H17BrN2O2/c1-9-7-15-11(6-13(17)18)8-16(9)12-4-2-3-10(14)5-12/h2-5,9,11,15H,6-8H2,1H3,(H,17,18). The van der Waals surface area contributed by atoms with Gasteiger partial charge in [0.05, 0.1) is 6.42 Å². The second kappa shape index (κ2) is 5.71. The monoisotopic (exact) mass is 312 g/mol. The van der Waals surface area contributed by atoms with Crippen molar-refractivity contribution in [3.8, 4) is 0 Å². The summed E-state index contributed by atoms with van der Waals surface area (Å²) in [6.07, 6.45) is 0.164. The highest BCUT2D eigenvalue weighted by Gasteiger charge is 2.26. The molecule has 1 aromatic carbocycles. The maximum absolute atomic E-state index is 10.8. The molecule has 18 heavy (non-hydrogen) atoms. The summed E-state index contributed by atoms with van der Waals surface area (Å²) in [5.41, 5.74) is 1.13. The van der Waals surface area contributed by atoms with Crippen molar-refractivity contribution in [3.63, 3.8) is 0 Å². The predicted octanol–water partition coefficient (Wildman–Crippen LogP) is 2.09. The SMILES string of the molecule is CC1CNC(CC(=O)O)CN1c1cccc(Br)c1. The van der Waals surface area contributed by atoms with E-state index in [1.165, 1.54) is 0 Å². The second-order valence-electron chi connectivity index (χ2n) is 4.68. The fraction of sp³-hybridized carbons (Fsp3) is 0.462. The van der Waals surface area contributed by atoms with Crippen molar-refractivity contribution in [2.45, 2.75) is 25.4 Å². The number of halogens is 1. The third kappa shape index (κ3) is 3.23. The maximum Gasteiger partial charge on any atom is 0.304 e. The Bertz CT molecular complexity index is 439. The van der Waals surface area contributed by atoms with Crippen LogP contribution in [0, 0.1) is 0 Å². The molecule has 1 aromatic rings. The zero-order valence-corrected chi connectivity index (χ0v) is 11.9. The number of carboxylic acid groups (broad SMARTS) is 1. The lowest BCUT2D eigenvalue weighted by Crippen LogP contribution is -2.56. The average molecular weight is 313 g/mol. The number of nitrogens with one attached hydrogen (secondary N) is 1. The van der Waals surface area contributed by atoms with Crippen LogP contribution in [-0.2, 0) is 4.79 Å². The third-order valence-electron chi connectivity index (χ3n) is 3.21. The van der Waals surface area contributed by atoms with Crippen LogP contribution in [-0.4, -0.2) is 36.2 Å². The van der Waals surface area contributed by atoms with Crippen molar-refractivity contribution >= 4 is 27.6 Å². The van der Waals surface area contributed by atoms with Crippen molar-refractivity contribution in [1.82, 2.24) is 5.32 Å². The van der Waals surface area contributed by atoms with E-state index in [0.29, 0.717) is 6.04 Å². The Morgan fingerprint density at radius 2 is 2.39 bits per heavy atom. The lowest BCUT2D eigenvalue weighted by atomic mass is 10.1. The van der Waals surface area contributed by atoms with Gasteiger partial charge in [-0.25, -0.2) is 0 Å². The number of carbonyl (C=O) groups is 1. The zero-order chi connectivity index (χ0) is 13.1. The third-order valence-corrected chi connectivity index (χ3v) is 3.71. The van der Waals surface area contributed by atoms with Crippen LogP contribution in [0.2, 0.25) is 0 Å². The summed E-state index contributed by atoms with van der Waals surface area (Å²) in [4.78, 5) is 13.0. The van der Waals surface area contributed by atoms with Crippen LogP contribution in [0.25, 0.3) is 0 Å². The van der Waals surface area contributed by atoms with E-state index in [-0.39, 0.29) is 12.5 Å². The molecule has 0 aliphatic carbocycles. The molecule has 0 aromatic heterocycles. The van der Waals surface area contributed by atoms with Gasteiger partial charge < -0.3 is 15.3 Å². The molecule has 98 valence electrons. The van der Waals surface area contributed by atoms with Crippen molar-refractivity contribution in [2.75, 3.05) is 18.0 Å². The number of benzene rings is 1. The van der Waals surface area contributed by atoms with Gasteiger partial charge in [0.15, 0.2) is 0 Å². The van der Waals surface area contributed by atoms with Crippen LogP contribution in [0.15, 0.2) is 28.7 Å². The molecule has 1 saturated heterocycles. The normalized spacial score (nSPS) is 24.0. The molecular formula is C13H17BrN2O2. The van der Waals surface area contributed by atoms with Gasteiger partial charge in [0.2, 0.25) is 0 Å². The molecular weight excluding hydrogens is 296 g/mol. The molecule has 2 atom stereocenters. The number of carboxylic acids is 1. The summed E-state index contributed by atoms with van der Waals surface area (Å²) in [7, 11) is 0. The highest BCUT2D eigenvalue weighted by molar-refractivity contribution is 9.10. The molecule has 0 amide bonds. The first kappa shape index (κ1) is 13.4. The van der Waals surface area contributed by atoms with E-state index in [9.17, 15) is 4.79 Å². The van der Waals surface area contributed by atoms with Gasteiger partial charge in [0.25, 0.3) is 0 Å². The number of anilines is 1. The summed E-state index contributed by atoms with van der Waals surface area (Å²) >= 11 is 3.47. The molecule has 0 spiro atoms. The zero-order valence-electron chi connectivity index (χ0n) is 10.3. The van der Waals surface area contributed by atoms with E-state index in [2.05, 4.69) is 45.2 Å². The van der Waals surface area contributed by atoms with Crippen LogP contribution in [0.5, 0.6) is 0 Å². The van der Waals surface area contributed by atoms with Crippen molar-refractivity contribution in [3.05, 3.63) is 28.7 Å². The fourth-order valence-corrected chi connectivity index (χ4v) is 2.68. The Balaban J connectivity index is 2.12. The average Bonchev–Trinajstić information content (AvgIpc) is 2.31. The van der Waals surface area contributed by atoms with E-state index in [1.54, 1.807) is 0 Å². The number of nitrogens with zero attached hydrogens (tertiary/aromatic N) is 1. The highest BCUT2D eigenvalue weighted by atomic mass is 79.9. The topological polar surface area (TPSA) is 52.6 Å². The Morgan fingerprint density at radius 1 is 1.61 bits per heavy atom. The predicted molar refractivity (Wildman–Crippen MR) is 75.0 cm³/mol. The molecule has 0 radical (unpaired) electrons. The number of hydrogen-bond acceptors (Lipinski definition) is 3. The molecule has 2 N–H and O–H groups in total. The summed E-state index contributed by atoms with van der Waals surface area (Å²) in [6.45, 7) is 3.68. The number of rotatable bonds is 3. The Kier molecular flexibility index (Phi) is 4.24. The number of piperazine rings is 1. The number of aliphatic carboxylic acids is 1. The molecule has 2 rings (SSSR count). The summed E-state index contributed by atoms with van der Waals surface area (Å²) < 4.78 is 1.04. The van der Waals surface area contributed by atoms with Crippen molar-refractivity contribution < 1.29 is 9.90 Å². The van der Waals surface area contributed by atoms with Gasteiger partial charge >= 0.3 is 5.97 Å². The minimum absolute atomic E-state index is 0.0117. The summed E-state index contributed by atoms with van der Waals surface area (Å²) in [5.74, 6) is -0.753. The van der Waals surface area contributed by atoms with Gasteiger partial charge in [-0.05, 0) is 25.1 Å². The van der Waals surface area contributed by atoms with E-state index in [0.717, 1.165) is 23.2 Å². The highest BCUT2D eigenvalue weighted by Crippen LogP contribution is 2.23.